The number of halogens is 4. The summed E-state index contributed by atoms with van der Waals surface area (Å²) >= 11 is 15.7. The fraction of sp³-hybridized carbons (Fsp3) is 0.250. The Bertz CT molecular complexity index is 586. The lowest BCUT2D eigenvalue weighted by atomic mass is 9.94. The van der Waals surface area contributed by atoms with E-state index in [1.807, 2.05) is 18.2 Å². The van der Waals surface area contributed by atoms with Crippen molar-refractivity contribution >= 4 is 39.1 Å². The van der Waals surface area contributed by atoms with E-state index in [2.05, 4.69) is 22.0 Å². The van der Waals surface area contributed by atoms with E-state index in [-0.39, 0.29) is 11.7 Å². The lowest BCUT2D eigenvalue weighted by molar-refractivity contribution is 0.580. The van der Waals surface area contributed by atoms with Crippen molar-refractivity contribution in [3.05, 3.63) is 68.9 Å². The predicted molar refractivity (Wildman–Crippen MR) is 87.2 cm³/mol. The molecule has 0 aliphatic rings. The average Bonchev–Trinajstić information content (AvgIpc) is 2.43. The summed E-state index contributed by atoms with van der Waals surface area (Å²) in [6.45, 7) is 0. The normalized spacial score (nSPS) is 12.4. The molecular formula is C16H14BrCl2F. The van der Waals surface area contributed by atoms with E-state index in [1.54, 1.807) is 6.07 Å². The average molecular weight is 376 g/mol. The fourth-order valence-corrected chi connectivity index (χ4v) is 3.06. The maximum absolute atomic E-state index is 13.0. The molecule has 0 aliphatic carbocycles. The molecule has 1 atom stereocenters. The van der Waals surface area contributed by atoms with Crippen molar-refractivity contribution in [2.75, 3.05) is 5.88 Å². The van der Waals surface area contributed by atoms with Crippen LogP contribution < -0.4 is 0 Å². The summed E-state index contributed by atoms with van der Waals surface area (Å²) in [5, 5.41) is 0.465. The molecule has 0 radical (unpaired) electrons. The fourth-order valence-electron chi connectivity index (χ4n) is 2.15. The molecule has 20 heavy (non-hydrogen) atoms. The van der Waals surface area contributed by atoms with Crippen LogP contribution in [0.1, 0.15) is 11.1 Å². The Morgan fingerprint density at radius 3 is 2.40 bits per heavy atom. The first-order chi connectivity index (χ1) is 9.60. The summed E-state index contributed by atoms with van der Waals surface area (Å²) in [6.07, 6.45) is 1.60. The van der Waals surface area contributed by atoms with Gasteiger partial charge in [0.05, 0.1) is 0 Å². The third-order valence-corrected chi connectivity index (χ3v) is 4.77. The second-order valence-corrected chi connectivity index (χ2v) is 6.33. The van der Waals surface area contributed by atoms with Crippen molar-refractivity contribution in [3.63, 3.8) is 0 Å². The van der Waals surface area contributed by atoms with Crippen LogP contribution in [0.5, 0.6) is 0 Å². The quantitative estimate of drug-likeness (QED) is 0.572. The van der Waals surface area contributed by atoms with Crippen molar-refractivity contribution < 1.29 is 4.39 Å². The molecule has 0 amide bonds. The Balaban J connectivity index is 2.11. The lowest BCUT2D eigenvalue weighted by Crippen LogP contribution is -2.11. The molecule has 2 aromatic carbocycles. The molecule has 1 unspecified atom stereocenters. The van der Waals surface area contributed by atoms with Crippen LogP contribution in [-0.4, -0.2) is 5.88 Å². The van der Waals surface area contributed by atoms with Gasteiger partial charge in [0.1, 0.15) is 5.82 Å². The molecule has 4 heteroatoms. The van der Waals surface area contributed by atoms with Gasteiger partial charge < -0.3 is 0 Å². The second-order valence-electron chi connectivity index (χ2n) is 4.76. The van der Waals surface area contributed by atoms with Crippen LogP contribution >= 0.6 is 39.1 Å². The molecule has 0 saturated carbocycles. The number of hydrogen-bond acceptors (Lipinski definition) is 0. The topological polar surface area (TPSA) is 0 Å². The summed E-state index contributed by atoms with van der Waals surface area (Å²) in [6, 6.07) is 12.6. The molecular weight excluding hydrogens is 362 g/mol. The van der Waals surface area contributed by atoms with Gasteiger partial charge in [-0.15, -0.1) is 11.6 Å². The van der Waals surface area contributed by atoms with Crippen LogP contribution in [0, 0.1) is 11.7 Å². The van der Waals surface area contributed by atoms with Gasteiger partial charge in [0.2, 0.25) is 0 Å². The molecule has 0 fully saturated rings. The van der Waals surface area contributed by atoms with Gasteiger partial charge in [-0.05, 0) is 48.1 Å². The monoisotopic (exact) mass is 374 g/mol. The standard InChI is InChI=1S/C16H14BrCl2F/c17-15-4-2-1-3-12(15)7-11(10-18)8-13-5-6-14(20)9-16(13)19/h1-6,9,11H,7-8,10H2. The van der Waals surface area contributed by atoms with Gasteiger partial charge in [-0.25, -0.2) is 4.39 Å². The largest absolute Gasteiger partial charge is 0.207 e. The summed E-state index contributed by atoms with van der Waals surface area (Å²) in [7, 11) is 0. The first kappa shape index (κ1) is 15.8. The predicted octanol–water partition coefficient (Wildman–Crippen LogP) is 5.88. The van der Waals surface area contributed by atoms with E-state index < -0.39 is 0 Å². The van der Waals surface area contributed by atoms with Gasteiger partial charge >= 0.3 is 0 Å². The zero-order valence-electron chi connectivity index (χ0n) is 10.8. The summed E-state index contributed by atoms with van der Waals surface area (Å²) in [4.78, 5) is 0. The van der Waals surface area contributed by atoms with Crippen LogP contribution in [0.4, 0.5) is 4.39 Å². The van der Waals surface area contributed by atoms with Gasteiger partial charge in [0.25, 0.3) is 0 Å². The zero-order chi connectivity index (χ0) is 14.5. The van der Waals surface area contributed by atoms with Gasteiger partial charge in [0.15, 0.2) is 0 Å². The number of rotatable bonds is 5. The third-order valence-electron chi connectivity index (χ3n) is 3.21. The Morgan fingerprint density at radius 1 is 1.05 bits per heavy atom. The smallest absolute Gasteiger partial charge is 0.124 e. The van der Waals surface area contributed by atoms with Crippen LogP contribution in [0.3, 0.4) is 0 Å². The van der Waals surface area contributed by atoms with Crippen LogP contribution in [0.25, 0.3) is 0 Å². The Labute approximate surface area is 137 Å². The molecule has 0 nitrogen and oxygen atoms in total. The Morgan fingerprint density at radius 2 is 1.75 bits per heavy atom. The number of hydrogen-bond donors (Lipinski definition) is 0. The second kappa shape index (κ2) is 7.44. The van der Waals surface area contributed by atoms with Crippen molar-refractivity contribution in [2.45, 2.75) is 12.8 Å². The summed E-state index contributed by atoms with van der Waals surface area (Å²) < 4.78 is 14.1. The van der Waals surface area contributed by atoms with Crippen LogP contribution in [0.15, 0.2) is 46.9 Å². The highest BCUT2D eigenvalue weighted by atomic mass is 79.9. The Hall–Kier alpha value is -0.570. The van der Waals surface area contributed by atoms with Crippen molar-refractivity contribution in [2.24, 2.45) is 5.92 Å². The molecule has 106 valence electrons. The van der Waals surface area contributed by atoms with Crippen molar-refractivity contribution in [1.82, 2.24) is 0 Å². The molecule has 0 N–H and O–H groups in total. The molecule has 0 aromatic heterocycles. The molecule has 2 rings (SSSR count). The van der Waals surface area contributed by atoms with E-state index in [9.17, 15) is 4.39 Å². The molecule has 0 bridgehead atoms. The maximum atomic E-state index is 13.0. The van der Waals surface area contributed by atoms with Gasteiger partial charge in [-0.2, -0.15) is 0 Å². The van der Waals surface area contributed by atoms with Crippen molar-refractivity contribution in [3.8, 4) is 0 Å². The maximum Gasteiger partial charge on any atom is 0.124 e. The SMILES string of the molecule is Fc1ccc(CC(CCl)Cc2ccccc2Br)c(Cl)c1. The van der Waals surface area contributed by atoms with E-state index in [1.165, 1.54) is 17.7 Å². The molecule has 0 heterocycles. The minimum atomic E-state index is -0.313. The first-order valence-electron chi connectivity index (χ1n) is 6.33. The Kier molecular flexibility index (Phi) is 5.88. The zero-order valence-corrected chi connectivity index (χ0v) is 13.8. The van der Waals surface area contributed by atoms with Gasteiger partial charge in [-0.1, -0.05) is 51.8 Å². The van der Waals surface area contributed by atoms with E-state index in [4.69, 9.17) is 23.2 Å². The number of alkyl halides is 1. The van der Waals surface area contributed by atoms with E-state index in [0.717, 1.165) is 22.9 Å². The van der Waals surface area contributed by atoms with Crippen LogP contribution in [-0.2, 0) is 12.8 Å². The van der Waals surface area contributed by atoms with Crippen LogP contribution in [0.2, 0.25) is 5.02 Å². The number of benzene rings is 2. The molecule has 0 saturated heterocycles. The summed E-state index contributed by atoms with van der Waals surface area (Å²) in [5.74, 6) is 0.486. The van der Waals surface area contributed by atoms with Gasteiger partial charge in [0, 0.05) is 15.4 Å². The molecule has 2 aromatic rings. The van der Waals surface area contributed by atoms with E-state index in [0.29, 0.717) is 10.9 Å². The van der Waals surface area contributed by atoms with Gasteiger partial charge in [-0.3, -0.25) is 0 Å². The van der Waals surface area contributed by atoms with Crippen molar-refractivity contribution in [1.29, 1.82) is 0 Å². The minimum absolute atomic E-state index is 0.262. The lowest BCUT2D eigenvalue weighted by Gasteiger charge is -2.16. The molecule has 0 spiro atoms. The highest BCUT2D eigenvalue weighted by Gasteiger charge is 2.13. The summed E-state index contributed by atoms with van der Waals surface area (Å²) in [5.41, 5.74) is 2.15. The highest BCUT2D eigenvalue weighted by molar-refractivity contribution is 9.10. The minimum Gasteiger partial charge on any atom is -0.207 e. The molecule has 0 aliphatic heterocycles. The third kappa shape index (κ3) is 4.21. The highest BCUT2D eigenvalue weighted by Crippen LogP contribution is 2.25. The first-order valence-corrected chi connectivity index (χ1v) is 8.04. The van der Waals surface area contributed by atoms with E-state index >= 15 is 0 Å².